The van der Waals surface area contributed by atoms with Crippen LogP contribution >= 0.6 is 0 Å². The van der Waals surface area contributed by atoms with Crippen molar-refractivity contribution < 1.29 is 28.8 Å². The summed E-state index contributed by atoms with van der Waals surface area (Å²) in [6, 6.07) is 25.8. The number of hydrogen-bond acceptors (Lipinski definition) is 6. The van der Waals surface area contributed by atoms with Gasteiger partial charge in [-0.3, -0.25) is 0 Å². The van der Waals surface area contributed by atoms with Gasteiger partial charge in [0.2, 0.25) is 0 Å². The Balaban J connectivity index is 1.64. The van der Waals surface area contributed by atoms with Gasteiger partial charge in [0.05, 0.1) is 33.5 Å². The van der Waals surface area contributed by atoms with Crippen LogP contribution < -0.4 is 9.47 Å². The van der Waals surface area contributed by atoms with Crippen LogP contribution in [0.4, 0.5) is 0 Å². The molecule has 1 unspecified atom stereocenters. The van der Waals surface area contributed by atoms with Crippen LogP contribution in [0.25, 0.3) is 0 Å². The summed E-state index contributed by atoms with van der Waals surface area (Å²) in [4.78, 5) is 0. The zero-order chi connectivity index (χ0) is 23.8. The van der Waals surface area contributed by atoms with Gasteiger partial charge < -0.3 is 28.8 Å². The van der Waals surface area contributed by atoms with E-state index in [2.05, 4.69) is 12.1 Å². The van der Waals surface area contributed by atoms with Crippen LogP contribution in [0.1, 0.15) is 23.6 Å². The van der Waals surface area contributed by atoms with Crippen molar-refractivity contribution in [2.45, 2.75) is 36.4 Å². The van der Waals surface area contributed by atoms with Crippen LogP contribution in [0.15, 0.2) is 78.9 Å². The maximum atomic E-state index is 10.9. The van der Waals surface area contributed by atoms with Gasteiger partial charge in [0.15, 0.2) is 0 Å². The van der Waals surface area contributed by atoms with Crippen LogP contribution in [0.5, 0.6) is 11.5 Å². The van der Waals surface area contributed by atoms with E-state index in [1.165, 1.54) is 0 Å². The molecule has 0 radical (unpaired) electrons. The highest BCUT2D eigenvalue weighted by Gasteiger charge is 2.60. The number of hydrogen-bond donors (Lipinski definition) is 1. The van der Waals surface area contributed by atoms with Crippen molar-refractivity contribution in [3.63, 3.8) is 0 Å². The van der Waals surface area contributed by atoms with Crippen molar-refractivity contribution in [2.75, 3.05) is 27.4 Å². The van der Waals surface area contributed by atoms with Crippen LogP contribution in [-0.4, -0.2) is 56.5 Å². The predicted octanol–water partition coefficient (Wildman–Crippen LogP) is 3.93. The molecule has 2 fully saturated rings. The largest absolute Gasteiger partial charge is 0.497 e. The Bertz CT molecular complexity index is 1050. The quantitative estimate of drug-likeness (QED) is 0.512. The second kappa shape index (κ2) is 9.04. The fourth-order valence-corrected chi connectivity index (χ4v) is 5.11. The molecule has 6 heteroatoms. The third kappa shape index (κ3) is 3.67. The molecule has 2 bridgehead atoms. The first-order valence-electron chi connectivity index (χ1n) is 11.5. The lowest BCUT2D eigenvalue weighted by molar-refractivity contribution is -0.178. The highest BCUT2D eigenvalue weighted by atomic mass is 16.7. The third-order valence-electron chi connectivity index (χ3n) is 6.96. The highest BCUT2D eigenvalue weighted by Crippen LogP contribution is 2.45. The summed E-state index contributed by atoms with van der Waals surface area (Å²) < 4.78 is 29.7. The van der Waals surface area contributed by atoms with E-state index in [4.69, 9.17) is 23.7 Å². The predicted molar refractivity (Wildman–Crippen MR) is 127 cm³/mol. The van der Waals surface area contributed by atoms with Gasteiger partial charge in [-0.25, -0.2) is 0 Å². The first kappa shape index (κ1) is 22.9. The van der Waals surface area contributed by atoms with E-state index in [9.17, 15) is 5.11 Å². The summed E-state index contributed by atoms with van der Waals surface area (Å²) in [5.41, 5.74) is 0.928. The zero-order valence-electron chi connectivity index (χ0n) is 19.6. The lowest BCUT2D eigenvalue weighted by atomic mass is 9.79. The first-order chi connectivity index (χ1) is 16.5. The summed E-state index contributed by atoms with van der Waals surface area (Å²) in [6.07, 6.45) is -1.28. The van der Waals surface area contributed by atoms with Crippen molar-refractivity contribution in [1.82, 2.24) is 0 Å². The number of aliphatic hydroxyl groups is 1. The molecule has 0 spiro atoms. The van der Waals surface area contributed by atoms with Gasteiger partial charge in [0.25, 0.3) is 0 Å². The molecular formula is C28H30O6. The second-order valence-electron chi connectivity index (χ2n) is 8.90. The molecular weight excluding hydrogens is 432 g/mol. The lowest BCUT2D eigenvalue weighted by Crippen LogP contribution is -2.48. The normalized spacial score (nSPS) is 25.9. The lowest BCUT2D eigenvalue weighted by Gasteiger charge is -2.39. The Morgan fingerprint density at radius 2 is 1.38 bits per heavy atom. The number of benzene rings is 3. The Labute approximate surface area is 200 Å². The second-order valence-corrected chi connectivity index (χ2v) is 8.90. The molecule has 6 nitrogen and oxygen atoms in total. The maximum absolute atomic E-state index is 10.9. The van der Waals surface area contributed by atoms with Gasteiger partial charge >= 0.3 is 0 Å². The van der Waals surface area contributed by atoms with Crippen LogP contribution in [0.3, 0.4) is 0 Å². The Hall–Kier alpha value is -2.90. The minimum Gasteiger partial charge on any atom is -0.497 e. The molecule has 2 aliphatic rings. The van der Waals surface area contributed by atoms with Crippen molar-refractivity contribution in [3.05, 3.63) is 95.6 Å². The molecule has 178 valence electrons. The van der Waals surface area contributed by atoms with Gasteiger partial charge in [0.1, 0.15) is 34.9 Å². The monoisotopic (exact) mass is 462 g/mol. The minimum atomic E-state index is -0.971. The SMILES string of the molecule is COc1ccc(C(OC[C@@]23COC([C@H](C)O2)[C@H]3O)(c2ccccc2)c2ccc(OC)cc2)cc1. The van der Waals surface area contributed by atoms with E-state index in [0.29, 0.717) is 6.61 Å². The molecule has 0 aromatic heterocycles. The standard InChI is InChI=1S/C28H30O6/c1-19-25-26(29)27(34-19,17-32-25)18-33-28(20-7-5-4-6-8-20,21-9-13-23(30-2)14-10-21)22-11-15-24(31-3)16-12-22/h4-16,19,25-26,29H,17-18H2,1-3H3/t19-,25?,26+,27+/m0/s1. The van der Waals surface area contributed by atoms with Crippen molar-refractivity contribution >= 4 is 0 Å². The Morgan fingerprint density at radius 1 is 0.853 bits per heavy atom. The molecule has 0 aliphatic carbocycles. The van der Waals surface area contributed by atoms with Gasteiger partial charge in [0, 0.05) is 0 Å². The molecule has 2 saturated heterocycles. The fraction of sp³-hybridized carbons (Fsp3) is 0.357. The number of fused-ring (bicyclic) bond motifs is 2. The highest BCUT2D eigenvalue weighted by molar-refractivity contribution is 5.49. The topological polar surface area (TPSA) is 66.4 Å². The number of rotatable bonds is 8. The van der Waals surface area contributed by atoms with Gasteiger partial charge in [-0.2, -0.15) is 0 Å². The number of aliphatic hydroxyl groups excluding tert-OH is 1. The maximum Gasteiger partial charge on any atom is 0.143 e. The zero-order valence-corrected chi connectivity index (χ0v) is 19.6. The molecule has 0 amide bonds. The molecule has 2 heterocycles. The van der Waals surface area contributed by atoms with E-state index in [0.717, 1.165) is 28.2 Å². The van der Waals surface area contributed by atoms with E-state index in [1.54, 1.807) is 14.2 Å². The smallest absolute Gasteiger partial charge is 0.143 e. The molecule has 0 saturated carbocycles. The third-order valence-corrected chi connectivity index (χ3v) is 6.96. The molecule has 3 aromatic carbocycles. The fourth-order valence-electron chi connectivity index (χ4n) is 5.11. The van der Waals surface area contributed by atoms with Crippen LogP contribution in [0.2, 0.25) is 0 Å². The molecule has 3 aromatic rings. The van der Waals surface area contributed by atoms with E-state index in [1.807, 2.05) is 73.7 Å². The average Bonchev–Trinajstić information content (AvgIpc) is 3.33. The van der Waals surface area contributed by atoms with E-state index < -0.39 is 17.3 Å². The van der Waals surface area contributed by atoms with Crippen LogP contribution in [0, 0.1) is 0 Å². The summed E-state index contributed by atoms with van der Waals surface area (Å²) in [5, 5.41) is 10.9. The van der Waals surface area contributed by atoms with Crippen LogP contribution in [-0.2, 0) is 19.8 Å². The molecule has 34 heavy (non-hydrogen) atoms. The Morgan fingerprint density at radius 3 is 1.82 bits per heavy atom. The van der Waals surface area contributed by atoms with Gasteiger partial charge in [-0.15, -0.1) is 0 Å². The number of methoxy groups -OCH3 is 2. The summed E-state index contributed by atoms with van der Waals surface area (Å²) in [6.45, 7) is 2.37. The summed E-state index contributed by atoms with van der Waals surface area (Å²) in [5.74, 6) is 1.52. The average molecular weight is 463 g/mol. The molecule has 2 aliphatic heterocycles. The van der Waals surface area contributed by atoms with Crippen molar-refractivity contribution in [3.8, 4) is 11.5 Å². The number of ether oxygens (including phenoxy) is 5. The van der Waals surface area contributed by atoms with Gasteiger partial charge in [-0.1, -0.05) is 54.6 Å². The summed E-state index contributed by atoms with van der Waals surface area (Å²) in [7, 11) is 3.30. The van der Waals surface area contributed by atoms with E-state index in [-0.39, 0.29) is 18.8 Å². The minimum absolute atomic E-state index is 0.155. The van der Waals surface area contributed by atoms with E-state index >= 15 is 0 Å². The van der Waals surface area contributed by atoms with Crippen molar-refractivity contribution in [1.29, 1.82) is 0 Å². The summed E-state index contributed by atoms with van der Waals surface area (Å²) >= 11 is 0. The molecule has 1 N–H and O–H groups in total. The van der Waals surface area contributed by atoms with Gasteiger partial charge in [-0.05, 0) is 47.9 Å². The van der Waals surface area contributed by atoms with Crippen molar-refractivity contribution in [2.24, 2.45) is 0 Å². The Kier molecular flexibility index (Phi) is 6.08. The molecule has 5 rings (SSSR count). The first-order valence-corrected chi connectivity index (χ1v) is 11.5. The molecule has 4 atom stereocenters.